The van der Waals surface area contributed by atoms with E-state index in [9.17, 15) is 4.79 Å². The molecule has 7 nitrogen and oxygen atoms in total. The molecular weight excluding hydrogens is 477 g/mol. The van der Waals surface area contributed by atoms with Gasteiger partial charge in [0.1, 0.15) is 0 Å². The third-order valence-corrected chi connectivity index (χ3v) is 6.09. The molecule has 1 amide bonds. The number of hydrogen-bond donors (Lipinski definition) is 2. The van der Waals surface area contributed by atoms with Crippen molar-refractivity contribution in [2.45, 2.75) is 57.9 Å². The van der Waals surface area contributed by atoms with Crippen LogP contribution in [-0.2, 0) is 24.0 Å². The number of carbonyl (C=O) groups excluding carboxylic acids is 1. The summed E-state index contributed by atoms with van der Waals surface area (Å²) in [5, 5.41) is 4.45. The molecule has 0 radical (unpaired) electrons. The van der Waals surface area contributed by atoms with Crippen LogP contribution in [0, 0.1) is 0 Å². The Morgan fingerprint density at radius 1 is 1.37 bits per heavy atom. The maximum atomic E-state index is 11.7. The number of nitrogens with two attached hydrogens (primary N) is 1. The molecule has 0 saturated carbocycles. The molecule has 152 valence electrons. The van der Waals surface area contributed by atoms with E-state index in [2.05, 4.69) is 10.3 Å². The number of amides is 1. The smallest absolute Gasteiger partial charge is 0.409 e. The highest BCUT2D eigenvalue weighted by Crippen LogP contribution is 2.26. The van der Waals surface area contributed by atoms with Crippen molar-refractivity contribution in [1.82, 2.24) is 15.2 Å². The number of halogens is 1. The summed E-state index contributed by atoms with van der Waals surface area (Å²) in [5.74, 6) is 0.487. The number of thiazole rings is 1. The Labute approximate surface area is 182 Å². The maximum absolute atomic E-state index is 11.7. The molecule has 1 fully saturated rings. The van der Waals surface area contributed by atoms with Crippen LogP contribution in [0.2, 0.25) is 0 Å². The highest BCUT2D eigenvalue weighted by atomic mass is 127. The quantitative estimate of drug-likeness (QED) is 0.363. The molecule has 0 aromatic carbocycles. The Bertz CT molecular complexity index is 620. The molecule has 3 rings (SSSR count). The van der Waals surface area contributed by atoms with Gasteiger partial charge in [-0.15, -0.1) is 35.3 Å². The molecule has 1 aliphatic carbocycles. The van der Waals surface area contributed by atoms with Gasteiger partial charge in [-0.1, -0.05) is 0 Å². The van der Waals surface area contributed by atoms with Gasteiger partial charge in [0.2, 0.25) is 0 Å². The number of aliphatic imine (C=N–C) groups is 1. The molecule has 3 N–H and O–H groups in total. The molecule has 2 aliphatic rings. The van der Waals surface area contributed by atoms with Crippen LogP contribution in [0.3, 0.4) is 0 Å². The van der Waals surface area contributed by atoms with Crippen LogP contribution < -0.4 is 11.1 Å². The number of aromatic nitrogens is 1. The number of hydrogen-bond acceptors (Lipinski definition) is 5. The van der Waals surface area contributed by atoms with Crippen LogP contribution >= 0.6 is 35.3 Å². The lowest BCUT2D eigenvalue weighted by Gasteiger charge is -2.31. The van der Waals surface area contributed by atoms with Crippen LogP contribution in [0.15, 0.2) is 4.99 Å². The lowest BCUT2D eigenvalue weighted by atomic mass is 10.0. The molecule has 1 aromatic rings. The van der Waals surface area contributed by atoms with Gasteiger partial charge < -0.3 is 20.7 Å². The molecular formula is C18H30IN5O2S. The molecule has 2 heterocycles. The minimum Gasteiger partial charge on any atom is -0.450 e. The molecule has 0 atom stereocenters. The first kappa shape index (κ1) is 22.2. The monoisotopic (exact) mass is 507 g/mol. The van der Waals surface area contributed by atoms with E-state index in [0.29, 0.717) is 32.2 Å². The number of ether oxygens (including phenoxy) is 1. The second-order valence-corrected chi connectivity index (χ2v) is 7.97. The van der Waals surface area contributed by atoms with Crippen LogP contribution in [0.5, 0.6) is 0 Å². The lowest BCUT2D eigenvalue weighted by Crippen LogP contribution is -2.48. The van der Waals surface area contributed by atoms with E-state index in [1.165, 1.54) is 34.8 Å². The number of carbonyl (C=O) groups is 1. The largest absolute Gasteiger partial charge is 0.450 e. The Hall–Kier alpha value is -1.10. The van der Waals surface area contributed by atoms with Crippen molar-refractivity contribution in [1.29, 1.82) is 0 Å². The minimum absolute atomic E-state index is 0. The van der Waals surface area contributed by atoms with Crippen LogP contribution in [0.1, 0.15) is 48.2 Å². The number of fused-ring (bicyclic) bond motifs is 1. The van der Waals surface area contributed by atoms with Gasteiger partial charge in [-0.25, -0.2) is 9.78 Å². The summed E-state index contributed by atoms with van der Waals surface area (Å²) < 4.78 is 5.04. The van der Waals surface area contributed by atoms with E-state index in [1.54, 1.807) is 4.90 Å². The van der Waals surface area contributed by atoms with Gasteiger partial charge in [-0.2, -0.15) is 0 Å². The van der Waals surface area contributed by atoms with Gasteiger partial charge in [0.25, 0.3) is 0 Å². The molecule has 0 spiro atoms. The van der Waals surface area contributed by atoms with Gasteiger partial charge in [-0.3, -0.25) is 4.99 Å². The van der Waals surface area contributed by atoms with E-state index in [4.69, 9.17) is 15.5 Å². The second kappa shape index (κ2) is 11.0. The van der Waals surface area contributed by atoms with Crippen molar-refractivity contribution in [2.75, 3.05) is 26.2 Å². The number of nitrogens with zero attached hydrogens (tertiary/aromatic N) is 3. The third kappa shape index (κ3) is 6.48. The van der Waals surface area contributed by atoms with Crippen molar-refractivity contribution >= 4 is 47.4 Å². The average molecular weight is 507 g/mol. The number of nitrogens with one attached hydrogen (secondary N) is 1. The molecule has 1 aliphatic heterocycles. The van der Waals surface area contributed by atoms with Crippen molar-refractivity contribution in [3.05, 3.63) is 15.6 Å². The summed E-state index contributed by atoms with van der Waals surface area (Å²) in [7, 11) is 0. The number of aryl methyl sites for hydroxylation is 2. The highest BCUT2D eigenvalue weighted by molar-refractivity contribution is 14.0. The van der Waals surface area contributed by atoms with Crippen LogP contribution in [0.4, 0.5) is 4.79 Å². The minimum atomic E-state index is -0.223. The predicted octanol–water partition coefficient (Wildman–Crippen LogP) is 2.71. The first-order chi connectivity index (χ1) is 12.7. The molecule has 27 heavy (non-hydrogen) atoms. The highest BCUT2D eigenvalue weighted by Gasteiger charge is 2.23. The zero-order valence-electron chi connectivity index (χ0n) is 15.9. The maximum Gasteiger partial charge on any atom is 0.409 e. The lowest BCUT2D eigenvalue weighted by molar-refractivity contribution is 0.0963. The summed E-state index contributed by atoms with van der Waals surface area (Å²) in [4.78, 5) is 24.1. The van der Waals surface area contributed by atoms with Gasteiger partial charge >= 0.3 is 6.09 Å². The van der Waals surface area contributed by atoms with Crippen molar-refractivity contribution in [3.8, 4) is 0 Å². The standard InChI is InChI=1S/C18H29N5O2S.HI/c1-2-25-18(24)23-11-8-13(9-12-23)21-17(19)20-10-7-16-22-14-5-3-4-6-15(14)26-16;/h13H,2-12H2,1H3,(H3,19,20,21);1H. The van der Waals surface area contributed by atoms with Gasteiger partial charge in [0.05, 0.1) is 17.3 Å². The summed E-state index contributed by atoms with van der Waals surface area (Å²) in [6, 6.07) is 0.261. The van der Waals surface area contributed by atoms with E-state index in [0.717, 1.165) is 25.7 Å². The average Bonchev–Trinajstić information content (AvgIpc) is 3.05. The number of guanidine groups is 1. The van der Waals surface area contributed by atoms with Crippen molar-refractivity contribution in [3.63, 3.8) is 0 Å². The SMILES string of the molecule is CCOC(=O)N1CCC(NC(N)=NCCc2nc3c(s2)CCCC3)CC1.I. The number of piperidine rings is 1. The van der Waals surface area contributed by atoms with E-state index >= 15 is 0 Å². The molecule has 9 heteroatoms. The van der Waals surface area contributed by atoms with Crippen molar-refractivity contribution < 1.29 is 9.53 Å². The van der Waals surface area contributed by atoms with Crippen molar-refractivity contribution in [2.24, 2.45) is 10.7 Å². The Balaban J connectivity index is 0.00000261. The van der Waals surface area contributed by atoms with Gasteiger partial charge in [0, 0.05) is 37.0 Å². The van der Waals surface area contributed by atoms with Crippen LogP contribution in [-0.4, -0.2) is 54.2 Å². The number of rotatable bonds is 5. The first-order valence-corrected chi connectivity index (χ1v) is 10.4. The molecule has 1 saturated heterocycles. The summed E-state index contributed by atoms with van der Waals surface area (Å²) >= 11 is 1.84. The first-order valence-electron chi connectivity index (χ1n) is 9.61. The molecule has 1 aromatic heterocycles. The third-order valence-electron chi connectivity index (χ3n) is 4.87. The normalized spacial score (nSPS) is 17.8. The van der Waals surface area contributed by atoms with E-state index in [1.807, 2.05) is 18.3 Å². The van der Waals surface area contributed by atoms with E-state index < -0.39 is 0 Å². The summed E-state index contributed by atoms with van der Waals surface area (Å²) in [6.45, 7) is 4.28. The fraction of sp³-hybridized carbons (Fsp3) is 0.722. The fourth-order valence-corrected chi connectivity index (χ4v) is 4.61. The number of likely N-dealkylation sites (tertiary alicyclic amines) is 1. The Morgan fingerprint density at radius 3 is 2.81 bits per heavy atom. The Kier molecular flexibility index (Phi) is 9.07. The van der Waals surface area contributed by atoms with Gasteiger partial charge in [-0.05, 0) is 45.4 Å². The summed E-state index contributed by atoms with van der Waals surface area (Å²) in [5.41, 5.74) is 7.33. The zero-order chi connectivity index (χ0) is 18.4. The second-order valence-electron chi connectivity index (χ2n) is 6.81. The zero-order valence-corrected chi connectivity index (χ0v) is 19.1. The molecule has 0 unspecified atom stereocenters. The Morgan fingerprint density at radius 2 is 2.11 bits per heavy atom. The fourth-order valence-electron chi connectivity index (χ4n) is 3.46. The van der Waals surface area contributed by atoms with Crippen LogP contribution in [0.25, 0.3) is 0 Å². The predicted molar refractivity (Wildman–Crippen MR) is 119 cm³/mol. The van der Waals surface area contributed by atoms with E-state index in [-0.39, 0.29) is 36.1 Å². The summed E-state index contributed by atoms with van der Waals surface area (Å²) in [6.07, 6.45) is 7.20. The molecule has 0 bridgehead atoms. The topological polar surface area (TPSA) is 92.8 Å². The van der Waals surface area contributed by atoms with Gasteiger partial charge in [0.15, 0.2) is 5.96 Å².